The zero-order chi connectivity index (χ0) is 14.5. The molecule has 0 aromatic heterocycles. The fraction of sp³-hybridized carbons (Fsp3) is 0.533. The average molecular weight is 290 g/mol. The maximum atomic E-state index is 8.95. The summed E-state index contributed by atoms with van der Waals surface area (Å²) >= 11 is 0. The highest BCUT2D eigenvalue weighted by atomic mass is 16.7. The number of hydrogen-bond donors (Lipinski definition) is 2. The minimum Gasteiger partial charge on any atom is -0.395 e. The van der Waals surface area contributed by atoms with Gasteiger partial charge in [-0.05, 0) is 5.56 Å². The van der Waals surface area contributed by atoms with Gasteiger partial charge in [0.1, 0.15) is 0 Å². The van der Waals surface area contributed by atoms with E-state index < -0.39 is 0 Å². The lowest BCUT2D eigenvalue weighted by atomic mass is 10.2. The average Bonchev–Trinajstić information content (AvgIpc) is 2.99. The number of aliphatic hydroxyl groups is 1. The molecular weight excluding hydrogens is 268 g/mol. The van der Waals surface area contributed by atoms with E-state index in [4.69, 9.17) is 9.94 Å². The zero-order valence-electron chi connectivity index (χ0n) is 12.1. The quantitative estimate of drug-likeness (QED) is 0.813. The fourth-order valence-corrected chi connectivity index (χ4v) is 2.68. The molecule has 2 N–H and O–H groups in total. The Morgan fingerprint density at radius 1 is 1.14 bits per heavy atom. The van der Waals surface area contributed by atoms with Crippen molar-refractivity contribution in [1.29, 1.82) is 0 Å². The maximum absolute atomic E-state index is 8.95. The second-order valence-corrected chi connectivity index (χ2v) is 5.40. The van der Waals surface area contributed by atoms with Crippen LogP contribution < -0.4 is 5.48 Å². The zero-order valence-corrected chi connectivity index (χ0v) is 12.1. The first-order chi connectivity index (χ1) is 10.3. The van der Waals surface area contributed by atoms with Crippen LogP contribution in [-0.2, 0) is 4.84 Å². The van der Waals surface area contributed by atoms with E-state index in [0.29, 0.717) is 0 Å². The highest BCUT2D eigenvalue weighted by Gasteiger charge is 2.23. The molecule has 0 bridgehead atoms. The third-order valence-electron chi connectivity index (χ3n) is 3.92. The van der Waals surface area contributed by atoms with Gasteiger partial charge in [-0.15, -0.1) is 5.48 Å². The Hall–Kier alpha value is -1.47. The number of β-amino-alcohol motifs (C(OH)–C–C–N with tert-alkyl or cyclic N) is 1. The smallest absolute Gasteiger partial charge is 0.225 e. The number of hydroxylamine groups is 1. The maximum Gasteiger partial charge on any atom is 0.225 e. The first-order valence-corrected chi connectivity index (χ1v) is 7.45. The van der Waals surface area contributed by atoms with Crippen LogP contribution >= 0.6 is 0 Å². The van der Waals surface area contributed by atoms with Crippen molar-refractivity contribution < 1.29 is 9.94 Å². The molecule has 6 nitrogen and oxygen atoms in total. The van der Waals surface area contributed by atoms with Crippen LogP contribution in [0.5, 0.6) is 0 Å². The van der Waals surface area contributed by atoms with Gasteiger partial charge in [0.2, 0.25) is 5.90 Å². The van der Waals surface area contributed by atoms with Crippen LogP contribution in [0.1, 0.15) is 11.7 Å². The molecule has 0 aliphatic carbocycles. The number of aliphatic imine (C=N–C) groups is 1. The molecule has 1 atom stereocenters. The summed E-state index contributed by atoms with van der Waals surface area (Å²) in [6.45, 7) is 5.69. The Morgan fingerprint density at radius 2 is 1.86 bits per heavy atom. The second kappa shape index (κ2) is 7.00. The topological polar surface area (TPSA) is 60.3 Å². The molecule has 0 amide bonds. The van der Waals surface area contributed by atoms with E-state index in [1.165, 1.54) is 0 Å². The lowest BCUT2D eigenvalue weighted by molar-refractivity contribution is 0.113. The minimum atomic E-state index is -0.100. The fourth-order valence-electron chi connectivity index (χ4n) is 2.68. The number of piperazine rings is 1. The Labute approximate surface area is 125 Å². The largest absolute Gasteiger partial charge is 0.395 e. The van der Waals surface area contributed by atoms with Crippen LogP contribution in [0.3, 0.4) is 0 Å². The molecule has 114 valence electrons. The lowest BCUT2D eigenvalue weighted by Crippen LogP contribution is -2.48. The Balaban J connectivity index is 1.50. The summed E-state index contributed by atoms with van der Waals surface area (Å²) in [5.41, 5.74) is 4.08. The molecule has 2 heterocycles. The number of nitrogens with one attached hydrogen (secondary N) is 1. The van der Waals surface area contributed by atoms with E-state index in [1.54, 1.807) is 0 Å². The molecule has 2 aliphatic rings. The minimum absolute atomic E-state index is 0.100. The predicted octanol–water partition coefficient (Wildman–Crippen LogP) is 0.228. The monoisotopic (exact) mass is 290 g/mol. The number of aliphatic hydroxyl groups excluding tert-OH is 1. The van der Waals surface area contributed by atoms with Crippen LogP contribution in [0.2, 0.25) is 0 Å². The lowest BCUT2D eigenvalue weighted by Gasteiger charge is -2.33. The summed E-state index contributed by atoms with van der Waals surface area (Å²) in [6, 6.07) is 10.1. The van der Waals surface area contributed by atoms with Crippen molar-refractivity contribution >= 4 is 5.90 Å². The molecule has 0 saturated carbocycles. The van der Waals surface area contributed by atoms with E-state index in [-0.39, 0.29) is 12.8 Å². The van der Waals surface area contributed by atoms with Crippen LogP contribution in [-0.4, -0.2) is 66.7 Å². The first-order valence-electron chi connectivity index (χ1n) is 7.45. The summed E-state index contributed by atoms with van der Waals surface area (Å²) in [5, 5.41) is 8.95. The summed E-state index contributed by atoms with van der Waals surface area (Å²) in [5.74, 6) is 0.750. The molecule has 6 heteroatoms. The third kappa shape index (κ3) is 3.79. The predicted molar refractivity (Wildman–Crippen MR) is 80.8 cm³/mol. The first kappa shape index (κ1) is 14.5. The highest BCUT2D eigenvalue weighted by Crippen LogP contribution is 2.18. The molecule has 1 aromatic carbocycles. The highest BCUT2D eigenvalue weighted by molar-refractivity contribution is 5.79. The molecule has 0 spiro atoms. The normalized spacial score (nSPS) is 23.9. The summed E-state index contributed by atoms with van der Waals surface area (Å²) in [6.07, 6.45) is -0.100. The number of benzene rings is 1. The van der Waals surface area contributed by atoms with Crippen LogP contribution in [0.25, 0.3) is 0 Å². The molecule has 3 rings (SSSR count). The Bertz CT molecular complexity index is 472. The van der Waals surface area contributed by atoms with Crippen LogP contribution in [0, 0.1) is 0 Å². The second-order valence-electron chi connectivity index (χ2n) is 5.40. The van der Waals surface area contributed by atoms with Crippen molar-refractivity contribution in [3.63, 3.8) is 0 Å². The molecule has 1 saturated heterocycles. The number of nitrogens with zero attached hydrogens (tertiary/aromatic N) is 3. The summed E-state index contributed by atoms with van der Waals surface area (Å²) < 4.78 is 0. The van der Waals surface area contributed by atoms with E-state index >= 15 is 0 Å². The van der Waals surface area contributed by atoms with E-state index in [0.717, 1.165) is 50.7 Å². The van der Waals surface area contributed by atoms with Gasteiger partial charge >= 0.3 is 0 Å². The molecule has 0 radical (unpaired) electrons. The molecular formula is C15H22N4O2. The van der Waals surface area contributed by atoms with Gasteiger partial charge in [0.05, 0.1) is 13.2 Å². The van der Waals surface area contributed by atoms with Gasteiger partial charge < -0.3 is 9.94 Å². The van der Waals surface area contributed by atoms with Gasteiger partial charge in [-0.1, -0.05) is 30.3 Å². The molecule has 2 aliphatic heterocycles. The van der Waals surface area contributed by atoms with Gasteiger partial charge in [0.15, 0.2) is 6.17 Å². The van der Waals surface area contributed by atoms with E-state index in [2.05, 4.69) is 20.3 Å². The Morgan fingerprint density at radius 3 is 2.57 bits per heavy atom. The van der Waals surface area contributed by atoms with Crippen molar-refractivity contribution in [1.82, 2.24) is 15.3 Å². The van der Waals surface area contributed by atoms with Crippen molar-refractivity contribution in [3.8, 4) is 0 Å². The van der Waals surface area contributed by atoms with Crippen LogP contribution in [0.15, 0.2) is 35.3 Å². The van der Waals surface area contributed by atoms with Gasteiger partial charge in [-0.25, -0.2) is 4.99 Å². The summed E-state index contributed by atoms with van der Waals surface area (Å²) in [4.78, 5) is 14.7. The van der Waals surface area contributed by atoms with E-state index in [1.807, 2.05) is 30.3 Å². The summed E-state index contributed by atoms with van der Waals surface area (Å²) in [7, 11) is 0. The van der Waals surface area contributed by atoms with E-state index in [9.17, 15) is 0 Å². The van der Waals surface area contributed by atoms with Gasteiger partial charge in [0, 0.05) is 32.7 Å². The third-order valence-corrected chi connectivity index (χ3v) is 3.92. The standard InChI is InChI=1S/C15H22N4O2/c20-11-10-18-6-8-19(9-7-18)12-14-16-15(17-21-14)13-4-2-1-3-5-13/h1-5,15,17,20H,6-12H2/t15-/m0/s1. The van der Waals surface area contributed by atoms with Crippen molar-refractivity contribution in [2.75, 3.05) is 45.9 Å². The molecule has 21 heavy (non-hydrogen) atoms. The van der Waals surface area contributed by atoms with Crippen molar-refractivity contribution in [2.45, 2.75) is 6.17 Å². The molecule has 1 aromatic rings. The van der Waals surface area contributed by atoms with Crippen molar-refractivity contribution in [2.24, 2.45) is 4.99 Å². The Kier molecular flexibility index (Phi) is 4.82. The van der Waals surface area contributed by atoms with Gasteiger partial charge in [0.25, 0.3) is 0 Å². The van der Waals surface area contributed by atoms with Gasteiger partial charge in [-0.3, -0.25) is 9.80 Å². The molecule has 0 unspecified atom stereocenters. The number of rotatable bonds is 5. The van der Waals surface area contributed by atoms with Crippen LogP contribution in [0.4, 0.5) is 0 Å². The van der Waals surface area contributed by atoms with Crippen molar-refractivity contribution in [3.05, 3.63) is 35.9 Å². The number of hydrogen-bond acceptors (Lipinski definition) is 6. The molecule has 1 fully saturated rings. The van der Waals surface area contributed by atoms with Gasteiger partial charge in [-0.2, -0.15) is 0 Å². The SMILES string of the molecule is OCCN1CCN(CC2=N[C@H](c3ccccc3)NO2)CC1.